The molecule has 0 aliphatic carbocycles. The minimum atomic E-state index is -3.58. The summed E-state index contributed by atoms with van der Waals surface area (Å²) in [6.07, 6.45) is 1.44. The van der Waals surface area contributed by atoms with Crippen LogP contribution in [0.15, 0.2) is 48.5 Å². The van der Waals surface area contributed by atoms with Gasteiger partial charge in [0.15, 0.2) is 0 Å². The number of carbonyl (C=O) groups is 2. The van der Waals surface area contributed by atoms with Crippen molar-refractivity contribution in [2.24, 2.45) is 0 Å². The van der Waals surface area contributed by atoms with Crippen LogP contribution in [0.1, 0.15) is 46.1 Å². The number of nitrogens with one attached hydrogen (secondary N) is 1. The summed E-state index contributed by atoms with van der Waals surface area (Å²) in [7, 11) is -3.58. The highest BCUT2D eigenvalue weighted by Crippen LogP contribution is 2.23. The largest absolute Gasteiger partial charge is 0.350 e. The Morgan fingerprint density at radius 1 is 1.03 bits per heavy atom. The van der Waals surface area contributed by atoms with Gasteiger partial charge in [-0.3, -0.25) is 13.9 Å². The van der Waals surface area contributed by atoms with Crippen LogP contribution in [0.3, 0.4) is 0 Å². The molecule has 1 atom stereocenters. The number of hydrogen-bond acceptors (Lipinski definition) is 4. The molecule has 2 aromatic carbocycles. The summed E-state index contributed by atoms with van der Waals surface area (Å²) < 4.78 is 26.0. The van der Waals surface area contributed by atoms with Gasteiger partial charge in [-0.05, 0) is 70.0 Å². The molecule has 0 bridgehead atoms. The molecule has 0 spiro atoms. The number of rotatable bonds is 10. The second kappa shape index (κ2) is 12.1. The second-order valence-electron chi connectivity index (χ2n) is 9.48. The zero-order chi connectivity index (χ0) is 26.4. The Labute approximate surface area is 218 Å². The van der Waals surface area contributed by atoms with Crippen LogP contribution in [0.25, 0.3) is 0 Å². The van der Waals surface area contributed by atoms with Crippen molar-refractivity contribution in [2.45, 2.75) is 58.7 Å². The van der Waals surface area contributed by atoms with Gasteiger partial charge >= 0.3 is 0 Å². The molecular weight excluding hydrogens is 509 g/mol. The lowest BCUT2D eigenvalue weighted by Crippen LogP contribution is -2.52. The van der Waals surface area contributed by atoms with E-state index in [1.807, 2.05) is 32.9 Å². The Morgan fingerprint density at radius 3 is 2.20 bits per heavy atom. The summed E-state index contributed by atoms with van der Waals surface area (Å²) in [6.45, 7) is 7.63. The Bertz CT molecular complexity index is 1130. The van der Waals surface area contributed by atoms with Crippen LogP contribution < -0.4 is 9.62 Å². The van der Waals surface area contributed by atoms with Gasteiger partial charge in [0.2, 0.25) is 21.8 Å². The van der Waals surface area contributed by atoms with Crippen molar-refractivity contribution in [3.8, 4) is 0 Å². The SMILES string of the molecule is C[C@@H](C(=O)NC(C)(C)C)N(Cc1ccc(Cl)cc1)C(=O)CCCN(c1cccc(Cl)c1)S(C)(=O)=O. The molecule has 0 heterocycles. The first-order valence-electron chi connectivity index (χ1n) is 11.3. The lowest BCUT2D eigenvalue weighted by Gasteiger charge is -2.32. The van der Waals surface area contributed by atoms with E-state index >= 15 is 0 Å². The molecular formula is C25H33Cl2N3O4S. The van der Waals surface area contributed by atoms with E-state index in [-0.39, 0.29) is 37.7 Å². The minimum absolute atomic E-state index is 0.0628. The van der Waals surface area contributed by atoms with E-state index in [1.165, 1.54) is 9.21 Å². The van der Waals surface area contributed by atoms with Crippen molar-refractivity contribution in [3.63, 3.8) is 0 Å². The van der Waals surface area contributed by atoms with E-state index in [0.29, 0.717) is 15.7 Å². The van der Waals surface area contributed by atoms with Crippen molar-refractivity contribution < 1.29 is 18.0 Å². The van der Waals surface area contributed by atoms with Gasteiger partial charge in [0, 0.05) is 35.1 Å². The lowest BCUT2D eigenvalue weighted by molar-refractivity contribution is -0.141. The molecule has 10 heteroatoms. The van der Waals surface area contributed by atoms with Gasteiger partial charge in [-0.15, -0.1) is 0 Å². The van der Waals surface area contributed by atoms with Crippen molar-refractivity contribution >= 4 is 50.7 Å². The molecule has 2 amide bonds. The molecule has 2 rings (SSSR count). The third kappa shape index (κ3) is 9.35. The fourth-order valence-corrected chi connectivity index (χ4v) is 4.75. The average Bonchev–Trinajstić information content (AvgIpc) is 2.73. The fourth-order valence-electron chi connectivity index (χ4n) is 3.48. The predicted molar refractivity (Wildman–Crippen MR) is 142 cm³/mol. The van der Waals surface area contributed by atoms with E-state index in [1.54, 1.807) is 43.3 Å². The molecule has 35 heavy (non-hydrogen) atoms. The molecule has 0 aromatic heterocycles. The van der Waals surface area contributed by atoms with E-state index in [0.717, 1.165) is 11.8 Å². The summed E-state index contributed by atoms with van der Waals surface area (Å²) in [5.74, 6) is -0.521. The van der Waals surface area contributed by atoms with Crippen LogP contribution in [-0.2, 0) is 26.2 Å². The van der Waals surface area contributed by atoms with Crippen molar-refractivity contribution in [2.75, 3.05) is 17.1 Å². The first-order valence-corrected chi connectivity index (χ1v) is 13.9. The maximum absolute atomic E-state index is 13.3. The Hall–Kier alpha value is -2.29. The van der Waals surface area contributed by atoms with Crippen LogP contribution in [0.2, 0.25) is 10.0 Å². The number of nitrogens with zero attached hydrogens (tertiary/aromatic N) is 2. The van der Waals surface area contributed by atoms with Gasteiger partial charge in [-0.25, -0.2) is 8.42 Å². The number of sulfonamides is 1. The van der Waals surface area contributed by atoms with Gasteiger partial charge in [0.1, 0.15) is 6.04 Å². The van der Waals surface area contributed by atoms with Crippen LogP contribution in [0, 0.1) is 0 Å². The van der Waals surface area contributed by atoms with Gasteiger partial charge in [0.25, 0.3) is 0 Å². The summed E-state index contributed by atoms with van der Waals surface area (Å²) in [6, 6.07) is 12.9. The highest BCUT2D eigenvalue weighted by Gasteiger charge is 2.28. The van der Waals surface area contributed by atoms with E-state index in [9.17, 15) is 18.0 Å². The first kappa shape index (κ1) is 28.9. The van der Waals surface area contributed by atoms with E-state index in [4.69, 9.17) is 23.2 Å². The molecule has 0 radical (unpaired) electrons. The monoisotopic (exact) mass is 541 g/mol. The van der Waals surface area contributed by atoms with Gasteiger partial charge in [-0.2, -0.15) is 0 Å². The maximum atomic E-state index is 13.3. The Kier molecular flexibility index (Phi) is 10.0. The Balaban J connectivity index is 2.18. The number of benzene rings is 2. The summed E-state index contributed by atoms with van der Waals surface area (Å²) >= 11 is 12.0. The molecule has 0 unspecified atom stereocenters. The highest BCUT2D eigenvalue weighted by atomic mass is 35.5. The molecule has 0 fully saturated rings. The highest BCUT2D eigenvalue weighted by molar-refractivity contribution is 7.92. The molecule has 0 aliphatic rings. The Morgan fingerprint density at radius 2 is 1.66 bits per heavy atom. The second-order valence-corrected chi connectivity index (χ2v) is 12.3. The fraction of sp³-hybridized carbons (Fsp3) is 0.440. The zero-order valence-corrected chi connectivity index (χ0v) is 23.0. The summed E-state index contributed by atoms with van der Waals surface area (Å²) in [5, 5.41) is 3.91. The molecule has 1 N–H and O–H groups in total. The molecule has 2 aromatic rings. The zero-order valence-electron chi connectivity index (χ0n) is 20.7. The third-order valence-corrected chi connectivity index (χ3v) is 6.86. The van der Waals surface area contributed by atoms with Crippen molar-refractivity contribution in [3.05, 3.63) is 64.1 Å². The lowest BCUT2D eigenvalue weighted by atomic mass is 10.1. The molecule has 192 valence electrons. The number of amides is 2. The smallest absolute Gasteiger partial charge is 0.242 e. The van der Waals surface area contributed by atoms with Crippen LogP contribution in [0.5, 0.6) is 0 Å². The number of anilines is 1. The van der Waals surface area contributed by atoms with Crippen molar-refractivity contribution in [1.82, 2.24) is 10.2 Å². The summed E-state index contributed by atoms with van der Waals surface area (Å²) in [4.78, 5) is 27.6. The molecule has 0 aliphatic heterocycles. The number of carbonyl (C=O) groups excluding carboxylic acids is 2. The van der Waals surface area contributed by atoms with E-state index in [2.05, 4.69) is 5.32 Å². The van der Waals surface area contributed by atoms with Crippen molar-refractivity contribution in [1.29, 1.82) is 0 Å². The first-order chi connectivity index (χ1) is 16.2. The van der Waals surface area contributed by atoms with Gasteiger partial charge in [0.05, 0.1) is 11.9 Å². The van der Waals surface area contributed by atoms with E-state index < -0.39 is 21.6 Å². The third-order valence-electron chi connectivity index (χ3n) is 5.18. The van der Waals surface area contributed by atoms with Crippen LogP contribution in [0.4, 0.5) is 5.69 Å². The molecule has 7 nitrogen and oxygen atoms in total. The predicted octanol–water partition coefficient (Wildman–Crippen LogP) is 4.87. The number of halogens is 2. The van der Waals surface area contributed by atoms with Crippen LogP contribution >= 0.6 is 23.2 Å². The minimum Gasteiger partial charge on any atom is -0.350 e. The topological polar surface area (TPSA) is 86.8 Å². The maximum Gasteiger partial charge on any atom is 0.242 e. The standard InChI is InChI=1S/C25H33Cl2N3O4S/c1-18(24(32)28-25(2,3)4)29(17-19-11-13-20(26)14-12-19)23(31)10-7-15-30(35(5,33)34)22-9-6-8-21(27)16-22/h6,8-9,11-14,16,18H,7,10,15,17H2,1-5H3,(H,28,32)/t18-/m0/s1. The van der Waals surface area contributed by atoms with Gasteiger partial charge < -0.3 is 10.2 Å². The normalized spacial score (nSPS) is 12.7. The molecule has 0 saturated carbocycles. The summed E-state index contributed by atoms with van der Waals surface area (Å²) in [5.41, 5.74) is 0.811. The van der Waals surface area contributed by atoms with Gasteiger partial charge in [-0.1, -0.05) is 41.4 Å². The number of hydrogen-bond donors (Lipinski definition) is 1. The van der Waals surface area contributed by atoms with Crippen LogP contribution in [-0.4, -0.2) is 49.5 Å². The quantitative estimate of drug-likeness (QED) is 0.464. The molecule has 0 saturated heterocycles. The average molecular weight is 543 g/mol.